The Balaban J connectivity index is 0.00000240. The minimum atomic E-state index is -0.365. The molecule has 3 heterocycles. The first-order valence-corrected chi connectivity index (χ1v) is 9.57. The van der Waals surface area contributed by atoms with Crippen molar-refractivity contribution in [3.63, 3.8) is 0 Å². The van der Waals surface area contributed by atoms with Gasteiger partial charge in [-0.15, -0.1) is 12.4 Å². The lowest BCUT2D eigenvalue weighted by Gasteiger charge is -2.13. The van der Waals surface area contributed by atoms with E-state index in [2.05, 4.69) is 20.4 Å². The number of carbonyl (C=O) groups is 1. The Labute approximate surface area is 175 Å². The third kappa shape index (κ3) is 4.54. The number of benzene rings is 1. The van der Waals surface area contributed by atoms with Crippen molar-refractivity contribution < 1.29 is 18.5 Å². The summed E-state index contributed by atoms with van der Waals surface area (Å²) in [5, 5.41) is 7.66. The summed E-state index contributed by atoms with van der Waals surface area (Å²) in [4.78, 5) is 18.9. The Morgan fingerprint density at radius 1 is 1.31 bits per heavy atom. The summed E-state index contributed by atoms with van der Waals surface area (Å²) >= 11 is 0. The number of nitrogens with one attached hydrogen (secondary N) is 1. The van der Waals surface area contributed by atoms with E-state index in [9.17, 15) is 4.79 Å². The van der Waals surface area contributed by atoms with Gasteiger partial charge in [-0.3, -0.25) is 4.79 Å². The minimum Gasteiger partial charge on any atom is -0.497 e. The van der Waals surface area contributed by atoms with Crippen molar-refractivity contribution in [3.05, 3.63) is 29.7 Å². The predicted molar refractivity (Wildman–Crippen MR) is 111 cm³/mol. The van der Waals surface area contributed by atoms with Crippen molar-refractivity contribution >= 4 is 29.3 Å². The third-order valence-electron chi connectivity index (χ3n) is 5.10. The minimum absolute atomic E-state index is 0. The summed E-state index contributed by atoms with van der Waals surface area (Å²) in [5.74, 6) is 1.06. The van der Waals surface area contributed by atoms with Crippen LogP contribution in [0, 0.1) is 6.92 Å². The Kier molecular flexibility index (Phi) is 6.76. The van der Waals surface area contributed by atoms with E-state index < -0.39 is 0 Å². The van der Waals surface area contributed by atoms with Gasteiger partial charge in [-0.05, 0) is 64.0 Å². The molecule has 0 bridgehead atoms. The van der Waals surface area contributed by atoms with Gasteiger partial charge in [0, 0.05) is 17.5 Å². The first kappa shape index (κ1) is 21.1. The van der Waals surface area contributed by atoms with Crippen LogP contribution in [0.1, 0.15) is 35.5 Å². The number of methoxy groups -OCH3 is 1. The molecule has 0 spiro atoms. The number of nitrogens with zero attached hydrogens (tertiary/aromatic N) is 3. The van der Waals surface area contributed by atoms with E-state index >= 15 is 0 Å². The highest BCUT2D eigenvalue weighted by atomic mass is 35.5. The number of fused-ring (bicyclic) bond motifs is 1. The van der Waals surface area contributed by atoms with E-state index in [0.717, 1.165) is 42.8 Å². The summed E-state index contributed by atoms with van der Waals surface area (Å²) in [6.07, 6.45) is 3.44. The number of halogens is 1. The standard InChI is InChI=1S/C20H24N4O4.ClH/c1-13-15-12-14(26-2)6-7-16(15)27-17(13)18-22-20(28-23-18)19(25)21-8-5-11-24-9-3-4-10-24;/h6-7,12H,3-5,8-11H2,1-2H3,(H,21,25);1H. The fourth-order valence-corrected chi connectivity index (χ4v) is 3.53. The number of carbonyl (C=O) groups excluding carboxylic acids is 1. The molecule has 0 unspecified atom stereocenters. The second kappa shape index (κ2) is 9.28. The van der Waals surface area contributed by atoms with Crippen LogP contribution < -0.4 is 10.1 Å². The molecule has 8 nitrogen and oxygen atoms in total. The third-order valence-corrected chi connectivity index (χ3v) is 5.10. The molecular weight excluding hydrogens is 396 g/mol. The summed E-state index contributed by atoms with van der Waals surface area (Å²) in [6.45, 7) is 5.80. The maximum absolute atomic E-state index is 12.3. The Bertz CT molecular complexity index is 978. The average molecular weight is 421 g/mol. The number of ether oxygens (including phenoxy) is 1. The van der Waals surface area contributed by atoms with Gasteiger partial charge in [0.1, 0.15) is 11.3 Å². The van der Waals surface area contributed by atoms with E-state index in [0.29, 0.717) is 17.9 Å². The van der Waals surface area contributed by atoms with Gasteiger partial charge in [0.25, 0.3) is 0 Å². The average Bonchev–Trinajstić information content (AvgIpc) is 3.45. The highest BCUT2D eigenvalue weighted by molar-refractivity contribution is 5.91. The van der Waals surface area contributed by atoms with Crippen LogP contribution in [-0.4, -0.2) is 54.2 Å². The molecule has 1 fully saturated rings. The van der Waals surface area contributed by atoms with Crippen LogP contribution in [0.15, 0.2) is 27.1 Å². The molecule has 1 N–H and O–H groups in total. The van der Waals surface area contributed by atoms with E-state index in [-0.39, 0.29) is 30.0 Å². The molecule has 1 aromatic carbocycles. The number of furan rings is 1. The van der Waals surface area contributed by atoms with Gasteiger partial charge < -0.3 is 23.9 Å². The molecule has 2 aromatic heterocycles. The molecule has 0 atom stereocenters. The highest BCUT2D eigenvalue weighted by Gasteiger charge is 2.21. The van der Waals surface area contributed by atoms with Crippen LogP contribution >= 0.6 is 12.4 Å². The zero-order valence-corrected chi connectivity index (χ0v) is 17.4. The summed E-state index contributed by atoms with van der Waals surface area (Å²) in [6, 6.07) is 5.55. The van der Waals surface area contributed by atoms with Crippen molar-refractivity contribution in [3.8, 4) is 17.3 Å². The van der Waals surface area contributed by atoms with Gasteiger partial charge in [0.15, 0.2) is 5.76 Å². The summed E-state index contributed by atoms with van der Waals surface area (Å²) in [5.41, 5.74) is 1.57. The van der Waals surface area contributed by atoms with Crippen LogP contribution in [0.5, 0.6) is 5.75 Å². The van der Waals surface area contributed by atoms with Crippen molar-refractivity contribution in [1.29, 1.82) is 0 Å². The fourth-order valence-electron chi connectivity index (χ4n) is 3.53. The van der Waals surface area contributed by atoms with Crippen LogP contribution in [0.3, 0.4) is 0 Å². The van der Waals surface area contributed by atoms with Crippen molar-refractivity contribution in [2.45, 2.75) is 26.2 Å². The molecule has 1 aliphatic rings. The van der Waals surface area contributed by atoms with Gasteiger partial charge in [0.2, 0.25) is 5.82 Å². The van der Waals surface area contributed by atoms with Gasteiger partial charge >= 0.3 is 11.8 Å². The molecule has 0 radical (unpaired) electrons. The molecular formula is C20H25ClN4O4. The SMILES string of the molecule is COc1ccc2oc(-c3noc(C(=O)NCCCN4CCCC4)n3)c(C)c2c1.Cl. The lowest BCUT2D eigenvalue weighted by atomic mass is 10.1. The quantitative estimate of drug-likeness (QED) is 0.585. The number of hydrogen-bond donors (Lipinski definition) is 1. The van der Waals surface area contributed by atoms with Gasteiger partial charge in [0.05, 0.1) is 7.11 Å². The van der Waals surface area contributed by atoms with Crippen molar-refractivity contribution in [2.75, 3.05) is 33.3 Å². The number of likely N-dealkylation sites (tertiary alicyclic amines) is 1. The molecule has 156 valence electrons. The van der Waals surface area contributed by atoms with Crippen LogP contribution in [0.2, 0.25) is 0 Å². The molecule has 9 heteroatoms. The molecule has 4 rings (SSSR count). The second-order valence-corrected chi connectivity index (χ2v) is 7.00. The van der Waals surface area contributed by atoms with Crippen molar-refractivity contribution in [1.82, 2.24) is 20.4 Å². The first-order valence-electron chi connectivity index (χ1n) is 9.57. The zero-order chi connectivity index (χ0) is 19.5. The Morgan fingerprint density at radius 3 is 2.86 bits per heavy atom. The fraction of sp³-hybridized carbons (Fsp3) is 0.450. The van der Waals surface area contributed by atoms with Crippen LogP contribution in [-0.2, 0) is 0 Å². The zero-order valence-electron chi connectivity index (χ0n) is 16.6. The predicted octanol–water partition coefficient (Wildman–Crippen LogP) is 3.44. The number of hydrogen-bond acceptors (Lipinski definition) is 7. The smallest absolute Gasteiger partial charge is 0.316 e. The number of rotatable bonds is 7. The molecule has 29 heavy (non-hydrogen) atoms. The van der Waals surface area contributed by atoms with Gasteiger partial charge in [-0.1, -0.05) is 5.16 Å². The maximum atomic E-state index is 12.3. The summed E-state index contributed by atoms with van der Waals surface area (Å²) in [7, 11) is 1.62. The largest absolute Gasteiger partial charge is 0.497 e. The topological polar surface area (TPSA) is 93.6 Å². The Hall–Kier alpha value is -2.58. The number of aryl methyl sites for hydroxylation is 1. The molecule has 0 saturated carbocycles. The number of aromatic nitrogens is 2. The van der Waals surface area contributed by atoms with Crippen molar-refractivity contribution in [2.24, 2.45) is 0 Å². The molecule has 1 aliphatic heterocycles. The first-order chi connectivity index (χ1) is 13.7. The Morgan fingerprint density at radius 2 is 2.10 bits per heavy atom. The summed E-state index contributed by atoms with van der Waals surface area (Å²) < 4.78 is 16.3. The van der Waals surface area contributed by atoms with E-state index in [1.54, 1.807) is 7.11 Å². The second-order valence-electron chi connectivity index (χ2n) is 7.00. The van der Waals surface area contributed by atoms with Crippen LogP contribution in [0.4, 0.5) is 0 Å². The van der Waals surface area contributed by atoms with E-state index in [1.165, 1.54) is 12.8 Å². The lowest BCUT2D eigenvalue weighted by Crippen LogP contribution is -2.28. The molecule has 3 aromatic rings. The highest BCUT2D eigenvalue weighted by Crippen LogP contribution is 2.33. The van der Waals surface area contributed by atoms with Gasteiger partial charge in [-0.25, -0.2) is 0 Å². The van der Waals surface area contributed by atoms with E-state index in [4.69, 9.17) is 13.7 Å². The molecule has 0 aliphatic carbocycles. The molecule has 1 amide bonds. The number of amides is 1. The lowest BCUT2D eigenvalue weighted by molar-refractivity contribution is 0.0908. The van der Waals surface area contributed by atoms with Gasteiger partial charge in [-0.2, -0.15) is 4.98 Å². The maximum Gasteiger partial charge on any atom is 0.316 e. The normalized spacial score (nSPS) is 14.1. The molecule has 1 saturated heterocycles. The monoisotopic (exact) mass is 420 g/mol. The van der Waals surface area contributed by atoms with E-state index in [1.807, 2.05) is 25.1 Å². The van der Waals surface area contributed by atoms with Crippen LogP contribution in [0.25, 0.3) is 22.6 Å².